The van der Waals surface area contributed by atoms with Gasteiger partial charge in [0.1, 0.15) is 0 Å². The SMILES string of the molecule is CCCCCCc1cc2ccccc2n1C(=O)CCC(C)C(=O)O. The number of aliphatic carboxylic acids is 1. The molecule has 4 heteroatoms. The van der Waals surface area contributed by atoms with Crippen LogP contribution in [0.1, 0.15) is 62.9 Å². The number of carbonyl (C=O) groups is 2. The Morgan fingerprint density at radius 2 is 1.92 bits per heavy atom. The lowest BCUT2D eigenvalue weighted by Crippen LogP contribution is -2.17. The first-order valence-electron chi connectivity index (χ1n) is 8.90. The molecule has 0 aliphatic carbocycles. The Kier molecular flexibility index (Phi) is 6.59. The average molecular weight is 329 g/mol. The number of hydrogen-bond donors (Lipinski definition) is 1. The first-order chi connectivity index (χ1) is 11.5. The molecule has 0 spiro atoms. The lowest BCUT2D eigenvalue weighted by molar-refractivity contribution is -0.141. The van der Waals surface area contributed by atoms with Gasteiger partial charge in [0.25, 0.3) is 0 Å². The van der Waals surface area contributed by atoms with E-state index in [-0.39, 0.29) is 12.3 Å². The van der Waals surface area contributed by atoms with Crippen LogP contribution in [-0.2, 0) is 11.2 Å². The Hall–Kier alpha value is -2.10. The third-order valence-corrected chi connectivity index (χ3v) is 4.54. The Balaban J connectivity index is 2.18. The maximum absolute atomic E-state index is 12.7. The van der Waals surface area contributed by atoms with E-state index >= 15 is 0 Å². The van der Waals surface area contributed by atoms with Crippen molar-refractivity contribution in [3.63, 3.8) is 0 Å². The predicted octanol–water partition coefficient (Wildman–Crippen LogP) is 4.91. The summed E-state index contributed by atoms with van der Waals surface area (Å²) < 4.78 is 1.80. The van der Waals surface area contributed by atoms with Crippen molar-refractivity contribution in [2.24, 2.45) is 5.92 Å². The third-order valence-electron chi connectivity index (χ3n) is 4.54. The van der Waals surface area contributed by atoms with Gasteiger partial charge in [-0.1, -0.05) is 51.3 Å². The number of aryl methyl sites for hydroxylation is 1. The molecule has 0 radical (unpaired) electrons. The van der Waals surface area contributed by atoms with Gasteiger partial charge in [-0.25, -0.2) is 0 Å². The summed E-state index contributed by atoms with van der Waals surface area (Å²) in [5, 5.41) is 10.1. The molecular formula is C20H27NO3. The minimum Gasteiger partial charge on any atom is -0.481 e. The number of benzene rings is 1. The first kappa shape index (κ1) is 18.2. The second-order valence-electron chi connectivity index (χ2n) is 6.51. The van der Waals surface area contributed by atoms with Crippen molar-refractivity contribution in [1.29, 1.82) is 0 Å². The standard InChI is InChI=1S/C20H27NO3/c1-3-4-5-6-10-17-14-16-9-7-8-11-18(16)21(17)19(22)13-12-15(2)20(23)24/h7-9,11,14-15H,3-6,10,12-13H2,1-2H3,(H,23,24). The van der Waals surface area contributed by atoms with E-state index in [1.54, 1.807) is 11.5 Å². The number of hydrogen-bond acceptors (Lipinski definition) is 2. The van der Waals surface area contributed by atoms with Crippen molar-refractivity contribution in [2.45, 2.75) is 58.8 Å². The zero-order valence-corrected chi connectivity index (χ0v) is 14.6. The van der Waals surface area contributed by atoms with Crippen LogP contribution in [0.5, 0.6) is 0 Å². The molecule has 0 saturated carbocycles. The number of fused-ring (bicyclic) bond motifs is 1. The van der Waals surface area contributed by atoms with E-state index in [1.165, 1.54) is 19.3 Å². The highest BCUT2D eigenvalue weighted by Gasteiger charge is 2.18. The van der Waals surface area contributed by atoms with E-state index in [1.807, 2.05) is 24.3 Å². The number of rotatable bonds is 9. The molecule has 0 aliphatic rings. The maximum atomic E-state index is 12.7. The van der Waals surface area contributed by atoms with Gasteiger partial charge in [-0.15, -0.1) is 0 Å². The topological polar surface area (TPSA) is 59.3 Å². The van der Waals surface area contributed by atoms with Gasteiger partial charge in [0.15, 0.2) is 0 Å². The smallest absolute Gasteiger partial charge is 0.306 e. The molecule has 0 amide bonds. The highest BCUT2D eigenvalue weighted by molar-refractivity contribution is 5.94. The zero-order chi connectivity index (χ0) is 17.5. The summed E-state index contributed by atoms with van der Waals surface area (Å²) in [6, 6.07) is 10.00. The van der Waals surface area contributed by atoms with Crippen LogP contribution in [0, 0.1) is 5.92 Å². The molecule has 2 rings (SSSR count). The molecular weight excluding hydrogens is 302 g/mol. The Morgan fingerprint density at radius 3 is 2.62 bits per heavy atom. The van der Waals surface area contributed by atoms with Crippen molar-refractivity contribution in [3.05, 3.63) is 36.0 Å². The van der Waals surface area contributed by atoms with E-state index in [4.69, 9.17) is 5.11 Å². The van der Waals surface area contributed by atoms with Crippen LogP contribution >= 0.6 is 0 Å². The van der Waals surface area contributed by atoms with Gasteiger partial charge < -0.3 is 5.11 Å². The largest absolute Gasteiger partial charge is 0.481 e. The molecule has 1 aromatic heterocycles. The quantitative estimate of drug-likeness (QED) is 0.665. The summed E-state index contributed by atoms with van der Waals surface area (Å²) in [6.45, 7) is 3.83. The molecule has 0 aliphatic heterocycles. The zero-order valence-electron chi connectivity index (χ0n) is 14.6. The molecule has 2 aromatic rings. The van der Waals surface area contributed by atoms with Crippen molar-refractivity contribution >= 4 is 22.8 Å². The third kappa shape index (κ3) is 4.47. The monoisotopic (exact) mass is 329 g/mol. The van der Waals surface area contributed by atoms with Crippen LogP contribution in [0.25, 0.3) is 10.9 Å². The summed E-state index contributed by atoms with van der Waals surface area (Å²) >= 11 is 0. The molecule has 24 heavy (non-hydrogen) atoms. The number of para-hydroxylation sites is 1. The molecule has 4 nitrogen and oxygen atoms in total. The van der Waals surface area contributed by atoms with Gasteiger partial charge in [0.2, 0.25) is 5.91 Å². The Morgan fingerprint density at radius 1 is 1.17 bits per heavy atom. The van der Waals surface area contributed by atoms with Crippen LogP contribution < -0.4 is 0 Å². The minimum atomic E-state index is -0.847. The van der Waals surface area contributed by atoms with Gasteiger partial charge in [0, 0.05) is 17.5 Å². The molecule has 1 unspecified atom stereocenters. The summed E-state index contributed by atoms with van der Waals surface area (Å²) in [5.74, 6) is -1.35. The van der Waals surface area contributed by atoms with Crippen LogP contribution in [0.4, 0.5) is 0 Å². The van der Waals surface area contributed by atoms with Gasteiger partial charge in [-0.2, -0.15) is 0 Å². The van der Waals surface area contributed by atoms with Gasteiger partial charge in [-0.05, 0) is 31.4 Å². The fourth-order valence-electron chi connectivity index (χ4n) is 3.00. The highest BCUT2D eigenvalue weighted by Crippen LogP contribution is 2.23. The second-order valence-corrected chi connectivity index (χ2v) is 6.51. The van der Waals surface area contributed by atoms with Gasteiger partial charge in [-0.3, -0.25) is 14.2 Å². The van der Waals surface area contributed by atoms with Crippen molar-refractivity contribution in [3.8, 4) is 0 Å². The van der Waals surface area contributed by atoms with Crippen LogP contribution in [-0.4, -0.2) is 21.6 Å². The van der Waals surface area contributed by atoms with Crippen molar-refractivity contribution in [1.82, 2.24) is 4.57 Å². The second kappa shape index (κ2) is 8.67. The van der Waals surface area contributed by atoms with E-state index < -0.39 is 11.9 Å². The number of carbonyl (C=O) groups excluding carboxylic acids is 1. The Labute approximate surface area is 143 Å². The van der Waals surface area contributed by atoms with Crippen molar-refractivity contribution < 1.29 is 14.7 Å². The van der Waals surface area contributed by atoms with E-state index in [0.717, 1.165) is 29.4 Å². The highest BCUT2D eigenvalue weighted by atomic mass is 16.4. The number of carboxylic acid groups (broad SMARTS) is 1. The molecule has 0 bridgehead atoms. The first-order valence-corrected chi connectivity index (χ1v) is 8.90. The summed E-state index contributed by atoms with van der Waals surface area (Å²) in [7, 11) is 0. The minimum absolute atomic E-state index is 0.00482. The van der Waals surface area contributed by atoms with Crippen LogP contribution in [0.2, 0.25) is 0 Å². The van der Waals surface area contributed by atoms with Crippen LogP contribution in [0.15, 0.2) is 30.3 Å². The fourth-order valence-corrected chi connectivity index (χ4v) is 3.00. The predicted molar refractivity (Wildman–Crippen MR) is 96.4 cm³/mol. The molecule has 0 fully saturated rings. The molecule has 1 atom stereocenters. The molecule has 130 valence electrons. The summed E-state index contributed by atoms with van der Waals surface area (Å²) in [5.41, 5.74) is 1.97. The summed E-state index contributed by atoms with van der Waals surface area (Å²) in [6.07, 6.45) is 6.16. The maximum Gasteiger partial charge on any atom is 0.306 e. The lowest BCUT2D eigenvalue weighted by Gasteiger charge is -2.11. The molecule has 1 N–H and O–H groups in total. The van der Waals surface area contributed by atoms with Gasteiger partial charge >= 0.3 is 5.97 Å². The number of unbranched alkanes of at least 4 members (excludes halogenated alkanes) is 3. The fraction of sp³-hybridized carbons (Fsp3) is 0.500. The average Bonchev–Trinajstić information content (AvgIpc) is 2.94. The molecule has 1 heterocycles. The summed E-state index contributed by atoms with van der Waals surface area (Å²) in [4.78, 5) is 23.7. The van der Waals surface area contributed by atoms with Crippen LogP contribution in [0.3, 0.4) is 0 Å². The van der Waals surface area contributed by atoms with E-state index in [2.05, 4.69) is 13.0 Å². The number of nitrogens with zero attached hydrogens (tertiary/aromatic N) is 1. The normalized spacial score (nSPS) is 12.4. The molecule has 1 aromatic carbocycles. The van der Waals surface area contributed by atoms with Crippen molar-refractivity contribution in [2.75, 3.05) is 0 Å². The molecule has 0 saturated heterocycles. The lowest BCUT2D eigenvalue weighted by atomic mass is 10.1. The Bertz CT molecular complexity index is 702. The van der Waals surface area contributed by atoms with E-state index in [9.17, 15) is 9.59 Å². The number of aromatic nitrogens is 1. The number of carboxylic acids is 1. The van der Waals surface area contributed by atoms with Gasteiger partial charge in [0.05, 0.1) is 11.4 Å². The van der Waals surface area contributed by atoms with E-state index in [0.29, 0.717) is 6.42 Å².